The van der Waals surface area contributed by atoms with Gasteiger partial charge in [0.2, 0.25) is 0 Å². The van der Waals surface area contributed by atoms with Crippen LogP contribution in [0.5, 0.6) is 11.5 Å². The van der Waals surface area contributed by atoms with Crippen LogP contribution < -0.4 is 9.47 Å². The first kappa shape index (κ1) is 27.8. The standard InChI is InChI=1S/C32H39N3O5S/c1-21(2)40-27-20-23-22(18-26(27)38-3)9-14-35-25(19-24(29(23)35)28-8-5-17-41-28)30(36)33-12-7-13-34(16-15-33)31(37)32(39-4)10-6-11-32/h5,8,17-21H,6-7,9-16H2,1-4H3. The highest BCUT2D eigenvalue weighted by Crippen LogP contribution is 2.45. The number of methoxy groups -OCH3 is 2. The molecule has 1 aromatic carbocycles. The molecular formula is C32H39N3O5S. The summed E-state index contributed by atoms with van der Waals surface area (Å²) in [5.41, 5.74) is 4.41. The number of fused-ring (bicyclic) bond motifs is 3. The van der Waals surface area contributed by atoms with Gasteiger partial charge in [-0.05, 0) is 81.2 Å². The summed E-state index contributed by atoms with van der Waals surface area (Å²) in [4.78, 5) is 32.4. The Kier molecular flexibility index (Phi) is 7.59. The van der Waals surface area contributed by atoms with Gasteiger partial charge in [0.1, 0.15) is 11.3 Å². The van der Waals surface area contributed by atoms with Crippen LogP contribution in [0.1, 0.15) is 55.6 Å². The second kappa shape index (κ2) is 11.2. The van der Waals surface area contributed by atoms with Gasteiger partial charge < -0.3 is 28.6 Å². The highest BCUT2D eigenvalue weighted by molar-refractivity contribution is 7.13. The molecule has 0 bridgehead atoms. The molecule has 9 heteroatoms. The van der Waals surface area contributed by atoms with Crippen LogP contribution in [0.4, 0.5) is 0 Å². The van der Waals surface area contributed by atoms with Crippen LogP contribution in [0.3, 0.4) is 0 Å². The van der Waals surface area contributed by atoms with E-state index in [9.17, 15) is 9.59 Å². The molecule has 2 amide bonds. The topological polar surface area (TPSA) is 73.2 Å². The van der Waals surface area contributed by atoms with Crippen molar-refractivity contribution >= 4 is 23.2 Å². The van der Waals surface area contributed by atoms with Gasteiger partial charge in [0.05, 0.1) is 18.9 Å². The Morgan fingerprint density at radius 3 is 2.37 bits per heavy atom. The Morgan fingerprint density at radius 2 is 1.71 bits per heavy atom. The van der Waals surface area contributed by atoms with E-state index in [0.717, 1.165) is 59.6 Å². The van der Waals surface area contributed by atoms with Crippen LogP contribution in [0.15, 0.2) is 35.7 Å². The summed E-state index contributed by atoms with van der Waals surface area (Å²) < 4.78 is 19.7. The largest absolute Gasteiger partial charge is 0.493 e. The molecule has 1 aliphatic carbocycles. The lowest BCUT2D eigenvalue weighted by molar-refractivity contribution is -0.165. The zero-order chi connectivity index (χ0) is 28.7. The van der Waals surface area contributed by atoms with E-state index < -0.39 is 5.60 Å². The molecule has 6 rings (SSSR count). The van der Waals surface area contributed by atoms with Crippen LogP contribution in [0.2, 0.25) is 0 Å². The number of hydrogen-bond acceptors (Lipinski definition) is 6. The second-order valence-corrected chi connectivity index (χ2v) is 12.4. The minimum absolute atomic E-state index is 0.00350. The smallest absolute Gasteiger partial charge is 0.270 e. The van der Waals surface area contributed by atoms with E-state index in [1.807, 2.05) is 29.7 Å². The number of benzene rings is 1. The van der Waals surface area contributed by atoms with Crippen LogP contribution >= 0.6 is 11.3 Å². The number of hydrogen-bond donors (Lipinski definition) is 0. The molecular weight excluding hydrogens is 538 g/mol. The highest BCUT2D eigenvalue weighted by Gasteiger charge is 2.47. The summed E-state index contributed by atoms with van der Waals surface area (Å²) in [5, 5.41) is 2.07. The van der Waals surface area contributed by atoms with Gasteiger partial charge in [0, 0.05) is 55.8 Å². The van der Waals surface area contributed by atoms with Gasteiger partial charge in [0.25, 0.3) is 11.8 Å². The molecule has 0 spiro atoms. The normalized spacial score (nSPS) is 17.9. The molecule has 2 aromatic heterocycles. The first-order chi connectivity index (χ1) is 19.8. The highest BCUT2D eigenvalue weighted by atomic mass is 32.1. The van der Waals surface area contributed by atoms with Crippen LogP contribution in [0.25, 0.3) is 21.7 Å². The first-order valence-corrected chi connectivity index (χ1v) is 15.5. The van der Waals surface area contributed by atoms with Crippen molar-refractivity contribution in [2.45, 2.75) is 64.2 Å². The zero-order valence-electron chi connectivity index (χ0n) is 24.4. The van der Waals surface area contributed by atoms with E-state index in [2.05, 4.69) is 34.2 Å². The Balaban J connectivity index is 1.34. The maximum absolute atomic E-state index is 14.2. The first-order valence-electron chi connectivity index (χ1n) is 14.6. The maximum atomic E-state index is 14.2. The monoisotopic (exact) mass is 577 g/mol. The third kappa shape index (κ3) is 4.93. The minimum Gasteiger partial charge on any atom is -0.493 e. The predicted molar refractivity (Wildman–Crippen MR) is 160 cm³/mol. The molecule has 0 N–H and O–H groups in total. The van der Waals surface area contributed by atoms with Crippen LogP contribution in [0, 0.1) is 0 Å². The number of rotatable bonds is 7. The van der Waals surface area contributed by atoms with Gasteiger partial charge in [-0.2, -0.15) is 0 Å². The molecule has 2 fully saturated rings. The van der Waals surface area contributed by atoms with Gasteiger partial charge in [0.15, 0.2) is 11.5 Å². The number of thiophene rings is 1. The lowest BCUT2D eigenvalue weighted by atomic mass is 9.78. The Hall–Kier alpha value is -3.30. The molecule has 8 nitrogen and oxygen atoms in total. The van der Waals surface area contributed by atoms with Crippen molar-refractivity contribution in [1.29, 1.82) is 0 Å². The lowest BCUT2D eigenvalue weighted by Crippen LogP contribution is -2.55. The van der Waals surface area contributed by atoms with E-state index in [-0.39, 0.29) is 17.9 Å². The number of carbonyl (C=O) groups excluding carboxylic acids is 2. The SMILES string of the molecule is COc1cc2c(cc1OC(C)C)-c1c(-c3cccs3)cc(C(=O)N3CCCN(C(=O)C4(OC)CCC4)CC3)n1CC2. The number of nitrogens with zero attached hydrogens (tertiary/aromatic N) is 3. The number of carbonyl (C=O) groups is 2. The van der Waals surface area contributed by atoms with E-state index in [4.69, 9.17) is 14.2 Å². The molecule has 1 saturated heterocycles. The van der Waals surface area contributed by atoms with Gasteiger partial charge >= 0.3 is 0 Å². The summed E-state index contributed by atoms with van der Waals surface area (Å²) in [6.45, 7) is 7.03. The molecule has 4 heterocycles. The van der Waals surface area contributed by atoms with E-state index in [1.165, 1.54) is 5.56 Å². The van der Waals surface area contributed by atoms with Crippen molar-refractivity contribution in [3.05, 3.63) is 47.0 Å². The van der Waals surface area contributed by atoms with E-state index in [0.29, 0.717) is 44.2 Å². The number of ether oxygens (including phenoxy) is 3. The van der Waals surface area contributed by atoms with Gasteiger partial charge in [-0.1, -0.05) is 6.07 Å². The Morgan fingerprint density at radius 1 is 0.927 bits per heavy atom. The van der Waals surface area contributed by atoms with Gasteiger partial charge in [-0.25, -0.2) is 0 Å². The van der Waals surface area contributed by atoms with E-state index in [1.54, 1.807) is 25.6 Å². The Labute approximate surface area is 245 Å². The van der Waals surface area contributed by atoms with E-state index >= 15 is 0 Å². The average molecular weight is 578 g/mol. The maximum Gasteiger partial charge on any atom is 0.270 e. The number of aromatic nitrogens is 1. The fraction of sp³-hybridized carbons (Fsp3) is 0.500. The summed E-state index contributed by atoms with van der Waals surface area (Å²) in [5.74, 6) is 1.53. The fourth-order valence-electron chi connectivity index (χ4n) is 6.41. The van der Waals surface area contributed by atoms with Crippen molar-refractivity contribution in [3.8, 4) is 33.2 Å². The summed E-state index contributed by atoms with van der Waals surface area (Å²) in [7, 11) is 3.31. The van der Waals surface area contributed by atoms with Crippen molar-refractivity contribution in [1.82, 2.24) is 14.4 Å². The van der Waals surface area contributed by atoms with Crippen LogP contribution in [-0.4, -0.2) is 78.3 Å². The number of aryl methyl sites for hydroxylation is 1. The molecule has 218 valence electrons. The summed E-state index contributed by atoms with van der Waals surface area (Å²) >= 11 is 1.68. The fourth-order valence-corrected chi connectivity index (χ4v) is 7.16. The molecule has 41 heavy (non-hydrogen) atoms. The molecule has 1 saturated carbocycles. The lowest BCUT2D eigenvalue weighted by Gasteiger charge is -2.42. The average Bonchev–Trinajstić information content (AvgIpc) is 3.54. The zero-order valence-corrected chi connectivity index (χ0v) is 25.2. The third-order valence-corrected chi connectivity index (χ3v) is 9.63. The molecule has 2 aliphatic heterocycles. The van der Waals surface area contributed by atoms with Crippen molar-refractivity contribution in [3.63, 3.8) is 0 Å². The quantitative estimate of drug-likeness (QED) is 0.372. The minimum atomic E-state index is -0.663. The van der Waals surface area contributed by atoms with Crippen molar-refractivity contribution in [2.75, 3.05) is 40.4 Å². The molecule has 3 aliphatic rings. The molecule has 0 atom stereocenters. The molecule has 0 radical (unpaired) electrons. The summed E-state index contributed by atoms with van der Waals surface area (Å²) in [6, 6.07) is 10.4. The molecule has 0 unspecified atom stereocenters. The van der Waals surface area contributed by atoms with Crippen molar-refractivity contribution in [2.24, 2.45) is 0 Å². The Bertz CT molecular complexity index is 1430. The summed E-state index contributed by atoms with van der Waals surface area (Å²) in [6.07, 6.45) is 4.12. The molecule has 3 aromatic rings. The third-order valence-electron chi connectivity index (χ3n) is 8.73. The van der Waals surface area contributed by atoms with Crippen molar-refractivity contribution < 1.29 is 23.8 Å². The van der Waals surface area contributed by atoms with Crippen LogP contribution in [-0.2, 0) is 22.5 Å². The van der Waals surface area contributed by atoms with Gasteiger partial charge in [-0.15, -0.1) is 11.3 Å². The number of amides is 2. The van der Waals surface area contributed by atoms with Gasteiger partial charge in [-0.3, -0.25) is 9.59 Å². The predicted octanol–water partition coefficient (Wildman–Crippen LogP) is 5.48. The second-order valence-electron chi connectivity index (χ2n) is 11.5.